The van der Waals surface area contributed by atoms with Crippen molar-refractivity contribution in [1.82, 2.24) is 14.5 Å². The van der Waals surface area contributed by atoms with Crippen molar-refractivity contribution in [1.29, 1.82) is 0 Å². The molecule has 0 N–H and O–H groups in total. The maximum atomic E-state index is 5.12. The summed E-state index contributed by atoms with van der Waals surface area (Å²) in [5, 5.41) is 5.30. The Morgan fingerprint density at radius 1 is 0.547 bits per heavy atom. The number of para-hydroxylation sites is 1. The Hall–Kier alpha value is -6.36. The molecule has 0 unspecified atom stereocenters. The second kappa shape index (κ2) is 11.3. The summed E-state index contributed by atoms with van der Waals surface area (Å²) in [5.74, 6) is 0.710. The zero-order valence-electron chi connectivity index (χ0n) is 29.3. The van der Waals surface area contributed by atoms with E-state index in [1.165, 1.54) is 64.2 Å². The number of fused-ring (bicyclic) bond motifs is 12. The van der Waals surface area contributed by atoms with Gasteiger partial charge in [-0.1, -0.05) is 135 Å². The second-order valence-corrected chi connectivity index (χ2v) is 15.6. The Labute approximate surface area is 311 Å². The molecular weight excluding hydrogens is 663 g/mol. The quantitative estimate of drug-likeness (QED) is 0.183. The normalized spacial score (nSPS) is 13.2. The van der Waals surface area contributed by atoms with Gasteiger partial charge in [-0.2, -0.15) is 0 Å². The van der Waals surface area contributed by atoms with Gasteiger partial charge in [-0.25, -0.2) is 9.97 Å². The number of nitrogens with zero attached hydrogens (tertiary/aromatic N) is 3. The third-order valence-electron chi connectivity index (χ3n) is 11.2. The van der Waals surface area contributed by atoms with Crippen molar-refractivity contribution in [2.45, 2.75) is 19.3 Å². The highest BCUT2D eigenvalue weighted by Crippen LogP contribution is 2.58. The lowest BCUT2D eigenvalue weighted by atomic mass is 9.81. The largest absolute Gasteiger partial charge is 0.309 e. The molecule has 0 saturated carbocycles. The van der Waals surface area contributed by atoms with Crippen LogP contribution >= 0.6 is 11.3 Å². The lowest BCUT2D eigenvalue weighted by Gasteiger charge is -2.22. The van der Waals surface area contributed by atoms with Crippen molar-refractivity contribution in [3.05, 3.63) is 175 Å². The van der Waals surface area contributed by atoms with Gasteiger partial charge in [0.1, 0.15) is 0 Å². The highest BCUT2D eigenvalue weighted by atomic mass is 32.1. The fraction of sp³-hybridized carbons (Fsp3) is 0.0612. The molecule has 11 rings (SSSR count). The average Bonchev–Trinajstić information content (AvgIpc) is 3.84. The first-order chi connectivity index (χ1) is 26.1. The van der Waals surface area contributed by atoms with Gasteiger partial charge in [0.2, 0.25) is 0 Å². The molecule has 1 aliphatic rings. The fourth-order valence-electron chi connectivity index (χ4n) is 8.79. The third-order valence-corrected chi connectivity index (χ3v) is 12.4. The molecule has 3 heterocycles. The van der Waals surface area contributed by atoms with E-state index in [0.717, 1.165) is 33.8 Å². The van der Waals surface area contributed by atoms with Crippen LogP contribution in [0.1, 0.15) is 25.0 Å². The minimum atomic E-state index is -0.151. The molecule has 0 atom stereocenters. The molecule has 53 heavy (non-hydrogen) atoms. The summed E-state index contributed by atoms with van der Waals surface area (Å²) in [4.78, 5) is 10.2. The lowest BCUT2D eigenvalue weighted by Crippen LogP contribution is -2.15. The van der Waals surface area contributed by atoms with Gasteiger partial charge in [-0.05, 0) is 59.2 Å². The summed E-state index contributed by atoms with van der Waals surface area (Å²) in [5.41, 5.74) is 13.9. The summed E-state index contributed by atoms with van der Waals surface area (Å²) < 4.78 is 5.24. The van der Waals surface area contributed by atoms with Crippen LogP contribution in [-0.2, 0) is 5.41 Å². The topological polar surface area (TPSA) is 30.7 Å². The maximum Gasteiger partial charge on any atom is 0.160 e. The summed E-state index contributed by atoms with van der Waals surface area (Å²) in [7, 11) is 0. The number of rotatable bonds is 4. The van der Waals surface area contributed by atoms with Crippen molar-refractivity contribution in [2.75, 3.05) is 0 Å². The molecule has 0 radical (unpaired) electrons. The van der Waals surface area contributed by atoms with E-state index in [0.29, 0.717) is 5.82 Å². The predicted octanol–water partition coefficient (Wildman–Crippen LogP) is 13.2. The van der Waals surface area contributed by atoms with Gasteiger partial charge in [-0.3, -0.25) is 0 Å². The molecular formula is C49H33N3S. The smallest absolute Gasteiger partial charge is 0.160 e. The first kappa shape index (κ1) is 30.3. The Balaban J connectivity index is 1.19. The third kappa shape index (κ3) is 4.39. The van der Waals surface area contributed by atoms with Crippen LogP contribution in [0.15, 0.2) is 164 Å². The lowest BCUT2D eigenvalue weighted by molar-refractivity contribution is 0.667. The number of benzene rings is 7. The summed E-state index contributed by atoms with van der Waals surface area (Å²) in [6.07, 6.45) is 0. The summed E-state index contributed by atoms with van der Waals surface area (Å²) >= 11 is 1.94. The van der Waals surface area contributed by atoms with Crippen molar-refractivity contribution in [3.8, 4) is 50.7 Å². The van der Waals surface area contributed by atoms with Crippen LogP contribution in [0.2, 0.25) is 0 Å². The highest BCUT2D eigenvalue weighted by Gasteiger charge is 2.40. The number of hydrogen-bond acceptors (Lipinski definition) is 3. The van der Waals surface area contributed by atoms with E-state index in [2.05, 4.69) is 170 Å². The van der Waals surface area contributed by atoms with Crippen LogP contribution in [0.25, 0.3) is 92.7 Å². The van der Waals surface area contributed by atoms with Gasteiger partial charge < -0.3 is 4.57 Å². The van der Waals surface area contributed by atoms with Crippen molar-refractivity contribution < 1.29 is 0 Å². The highest BCUT2D eigenvalue weighted by molar-refractivity contribution is 7.26. The van der Waals surface area contributed by atoms with Gasteiger partial charge in [0.05, 0.1) is 22.4 Å². The van der Waals surface area contributed by atoms with Crippen LogP contribution < -0.4 is 0 Å². The number of hydrogen-bond donors (Lipinski definition) is 0. The van der Waals surface area contributed by atoms with E-state index in [1.54, 1.807) is 0 Å². The van der Waals surface area contributed by atoms with Crippen LogP contribution in [0, 0.1) is 0 Å². The molecule has 0 aliphatic heterocycles. The zero-order chi connectivity index (χ0) is 35.3. The Morgan fingerprint density at radius 3 is 1.87 bits per heavy atom. The number of thiophene rings is 1. The van der Waals surface area contributed by atoms with E-state index >= 15 is 0 Å². The Morgan fingerprint density at radius 2 is 1.15 bits per heavy atom. The van der Waals surface area contributed by atoms with Crippen molar-refractivity contribution >= 4 is 53.3 Å². The average molecular weight is 696 g/mol. The molecule has 10 aromatic rings. The van der Waals surface area contributed by atoms with E-state index in [1.807, 2.05) is 23.5 Å². The van der Waals surface area contributed by atoms with Gasteiger partial charge in [0.15, 0.2) is 5.82 Å². The van der Waals surface area contributed by atoms with Gasteiger partial charge in [-0.15, -0.1) is 11.3 Å². The van der Waals surface area contributed by atoms with Gasteiger partial charge in [0.25, 0.3) is 0 Å². The Kier molecular flexibility index (Phi) is 6.47. The molecule has 250 valence electrons. The molecule has 0 spiro atoms. The van der Waals surface area contributed by atoms with Crippen LogP contribution in [0.3, 0.4) is 0 Å². The SMILES string of the molecule is CC1(C)c2ccccc2-c2c1c1sc3ccccc3c1c1c3ccccc3n(-c3ccc(-c4nc(-c5ccccc5)cc(-c5ccccc5)n4)cc3)c21. The Bertz CT molecular complexity index is 3000. The van der Waals surface area contributed by atoms with E-state index < -0.39 is 0 Å². The summed E-state index contributed by atoms with van der Waals surface area (Å²) in [6, 6.07) is 58.6. The monoisotopic (exact) mass is 695 g/mol. The fourth-order valence-corrected chi connectivity index (χ4v) is 10.2. The first-order valence-corrected chi connectivity index (χ1v) is 19.0. The molecule has 0 bridgehead atoms. The molecule has 3 aromatic heterocycles. The number of aromatic nitrogens is 3. The van der Waals surface area contributed by atoms with Crippen LogP contribution in [-0.4, -0.2) is 14.5 Å². The predicted molar refractivity (Wildman–Crippen MR) is 223 cm³/mol. The second-order valence-electron chi connectivity index (χ2n) is 14.5. The minimum absolute atomic E-state index is 0.151. The van der Waals surface area contributed by atoms with Gasteiger partial charge in [0, 0.05) is 64.3 Å². The molecule has 0 amide bonds. The van der Waals surface area contributed by atoms with Crippen molar-refractivity contribution in [3.63, 3.8) is 0 Å². The van der Waals surface area contributed by atoms with E-state index in [9.17, 15) is 0 Å². The first-order valence-electron chi connectivity index (χ1n) is 18.2. The molecule has 0 fully saturated rings. The van der Waals surface area contributed by atoms with Crippen LogP contribution in [0.5, 0.6) is 0 Å². The molecule has 1 aliphatic carbocycles. The molecule has 0 saturated heterocycles. The zero-order valence-corrected chi connectivity index (χ0v) is 30.2. The minimum Gasteiger partial charge on any atom is -0.309 e. The molecule has 4 heteroatoms. The standard InChI is InChI=1S/C49H33N3S/c1-49(2)37-22-12-9-19-34(37)44-45(49)47-43(36-21-11-14-24-41(36)53-47)42-35-20-10-13-23-40(35)52(46(42)44)33-27-25-32(26-28-33)48-50-38(30-15-5-3-6-16-30)29-39(51-48)31-17-7-4-8-18-31/h3-29H,1-2H3. The van der Waals surface area contributed by atoms with E-state index in [-0.39, 0.29) is 5.41 Å². The van der Waals surface area contributed by atoms with Gasteiger partial charge >= 0.3 is 0 Å². The molecule has 3 nitrogen and oxygen atoms in total. The van der Waals surface area contributed by atoms with Crippen molar-refractivity contribution in [2.24, 2.45) is 0 Å². The van der Waals surface area contributed by atoms with Crippen LogP contribution in [0.4, 0.5) is 0 Å². The molecule has 7 aromatic carbocycles. The van der Waals surface area contributed by atoms with E-state index in [4.69, 9.17) is 9.97 Å². The summed E-state index contributed by atoms with van der Waals surface area (Å²) in [6.45, 7) is 4.81. The maximum absolute atomic E-state index is 5.12.